The number of aliphatic hydroxyl groups is 1. The molecule has 0 saturated carbocycles. The number of nitrogens with one attached hydrogen (secondary N) is 1. The average Bonchev–Trinajstić information content (AvgIpc) is 2.57. The average molecular weight is 248 g/mol. The third-order valence-corrected chi connectivity index (χ3v) is 3.47. The van der Waals surface area contributed by atoms with Crippen molar-refractivity contribution in [3.63, 3.8) is 0 Å². The van der Waals surface area contributed by atoms with Crippen LogP contribution in [0.4, 0.5) is 5.82 Å². The summed E-state index contributed by atoms with van der Waals surface area (Å²) < 4.78 is 1.78. The molecule has 0 spiro atoms. The summed E-state index contributed by atoms with van der Waals surface area (Å²) in [6.45, 7) is 9.39. The van der Waals surface area contributed by atoms with Gasteiger partial charge in [-0.15, -0.1) is 0 Å². The SMILES string of the molecule is Cc1cc2c(NC(C)(C)C(C)(C)O)nccn2n1. The first-order valence-electron chi connectivity index (χ1n) is 6.02. The standard InChI is InChI=1S/C13H20N4O/c1-9-8-10-11(14-6-7-17(10)16-9)15-12(2,3)13(4,5)18/h6-8,18H,1-5H3,(H,14,15). The number of aryl methyl sites for hydroxylation is 1. The van der Waals surface area contributed by atoms with E-state index < -0.39 is 11.1 Å². The van der Waals surface area contributed by atoms with Crippen molar-refractivity contribution in [1.82, 2.24) is 14.6 Å². The summed E-state index contributed by atoms with van der Waals surface area (Å²) in [7, 11) is 0. The monoisotopic (exact) mass is 248 g/mol. The molecule has 0 atom stereocenters. The normalized spacial score (nSPS) is 13.0. The Labute approximate surface area is 107 Å². The summed E-state index contributed by atoms with van der Waals surface area (Å²) in [4.78, 5) is 4.34. The summed E-state index contributed by atoms with van der Waals surface area (Å²) in [5.41, 5.74) is 0.482. The fraction of sp³-hybridized carbons (Fsp3) is 0.538. The molecule has 0 aliphatic heterocycles. The van der Waals surface area contributed by atoms with Crippen LogP contribution in [0.3, 0.4) is 0 Å². The lowest BCUT2D eigenvalue weighted by atomic mass is 9.86. The Balaban J connectivity index is 2.44. The molecule has 98 valence electrons. The molecule has 0 unspecified atom stereocenters. The Bertz CT molecular complexity index is 566. The lowest BCUT2D eigenvalue weighted by Crippen LogP contribution is -2.51. The van der Waals surface area contributed by atoms with Crippen LogP contribution >= 0.6 is 0 Å². The molecule has 2 N–H and O–H groups in total. The van der Waals surface area contributed by atoms with Crippen molar-refractivity contribution in [1.29, 1.82) is 0 Å². The molecule has 2 heterocycles. The largest absolute Gasteiger partial charge is 0.388 e. The molecule has 0 aliphatic carbocycles. The summed E-state index contributed by atoms with van der Waals surface area (Å²) in [5, 5.41) is 17.8. The zero-order valence-electron chi connectivity index (χ0n) is 11.5. The van der Waals surface area contributed by atoms with E-state index >= 15 is 0 Å². The maximum atomic E-state index is 10.2. The van der Waals surface area contributed by atoms with Crippen LogP contribution in [0.5, 0.6) is 0 Å². The van der Waals surface area contributed by atoms with Gasteiger partial charge in [-0.05, 0) is 40.7 Å². The highest BCUT2D eigenvalue weighted by atomic mass is 16.3. The summed E-state index contributed by atoms with van der Waals surface area (Å²) in [5.74, 6) is 0.727. The van der Waals surface area contributed by atoms with E-state index in [4.69, 9.17) is 0 Å². The molecule has 0 aromatic carbocycles. The van der Waals surface area contributed by atoms with Crippen LogP contribution in [-0.2, 0) is 0 Å². The Morgan fingerprint density at radius 1 is 1.28 bits per heavy atom. The second kappa shape index (κ2) is 3.95. The Morgan fingerprint density at radius 2 is 1.94 bits per heavy atom. The zero-order chi connectivity index (χ0) is 13.6. The second-order valence-corrected chi connectivity index (χ2v) is 5.70. The molecule has 0 aliphatic rings. The lowest BCUT2D eigenvalue weighted by molar-refractivity contribution is 0.0239. The molecule has 0 bridgehead atoms. The van der Waals surface area contributed by atoms with Crippen molar-refractivity contribution < 1.29 is 5.11 Å². The molecule has 0 saturated heterocycles. The molecule has 2 aromatic heterocycles. The van der Waals surface area contributed by atoms with Gasteiger partial charge in [-0.1, -0.05) is 0 Å². The van der Waals surface area contributed by atoms with Gasteiger partial charge in [0.1, 0.15) is 5.52 Å². The first kappa shape index (κ1) is 12.8. The van der Waals surface area contributed by atoms with Crippen LogP contribution in [0.2, 0.25) is 0 Å². The minimum atomic E-state index is -0.865. The molecule has 5 heteroatoms. The Hall–Kier alpha value is -1.62. The molecule has 5 nitrogen and oxygen atoms in total. The maximum Gasteiger partial charge on any atom is 0.152 e. The first-order valence-corrected chi connectivity index (χ1v) is 6.02. The van der Waals surface area contributed by atoms with Crippen LogP contribution < -0.4 is 5.32 Å². The highest BCUT2D eigenvalue weighted by molar-refractivity contribution is 5.68. The Morgan fingerprint density at radius 3 is 2.56 bits per heavy atom. The van der Waals surface area contributed by atoms with Crippen molar-refractivity contribution in [2.24, 2.45) is 0 Å². The third-order valence-electron chi connectivity index (χ3n) is 3.47. The van der Waals surface area contributed by atoms with Gasteiger partial charge in [0.15, 0.2) is 5.82 Å². The molecular weight excluding hydrogens is 228 g/mol. The van der Waals surface area contributed by atoms with Gasteiger partial charge in [-0.25, -0.2) is 9.50 Å². The minimum absolute atomic E-state index is 0.500. The smallest absolute Gasteiger partial charge is 0.152 e. The van der Waals surface area contributed by atoms with Gasteiger partial charge in [0.05, 0.1) is 16.8 Å². The number of aromatic nitrogens is 3. The van der Waals surface area contributed by atoms with E-state index in [9.17, 15) is 5.11 Å². The van der Waals surface area contributed by atoms with Crippen LogP contribution in [0.1, 0.15) is 33.4 Å². The van der Waals surface area contributed by atoms with Crippen molar-refractivity contribution in [2.75, 3.05) is 5.32 Å². The number of anilines is 1. The lowest BCUT2D eigenvalue weighted by Gasteiger charge is -2.38. The van der Waals surface area contributed by atoms with E-state index in [2.05, 4.69) is 15.4 Å². The van der Waals surface area contributed by atoms with Crippen LogP contribution in [0.25, 0.3) is 5.52 Å². The van der Waals surface area contributed by atoms with Gasteiger partial charge in [-0.3, -0.25) is 0 Å². The predicted molar refractivity (Wildman–Crippen MR) is 71.7 cm³/mol. The summed E-state index contributed by atoms with van der Waals surface area (Å²) >= 11 is 0. The van der Waals surface area contributed by atoms with Gasteiger partial charge >= 0.3 is 0 Å². The molecule has 2 rings (SSSR count). The van der Waals surface area contributed by atoms with Crippen molar-refractivity contribution in [3.8, 4) is 0 Å². The van der Waals surface area contributed by atoms with Crippen LogP contribution in [0.15, 0.2) is 18.5 Å². The Kier molecular flexibility index (Phi) is 2.81. The summed E-state index contributed by atoms with van der Waals surface area (Å²) in [6, 6.07) is 1.97. The highest BCUT2D eigenvalue weighted by Crippen LogP contribution is 2.27. The van der Waals surface area contributed by atoms with Crippen molar-refractivity contribution >= 4 is 11.3 Å². The van der Waals surface area contributed by atoms with Gasteiger partial charge in [0, 0.05) is 12.4 Å². The van der Waals surface area contributed by atoms with Gasteiger partial charge in [-0.2, -0.15) is 5.10 Å². The first-order chi connectivity index (χ1) is 8.21. The topological polar surface area (TPSA) is 62.5 Å². The number of nitrogens with zero attached hydrogens (tertiary/aromatic N) is 3. The van der Waals surface area contributed by atoms with Gasteiger partial charge in [0.25, 0.3) is 0 Å². The second-order valence-electron chi connectivity index (χ2n) is 5.70. The van der Waals surface area contributed by atoms with Crippen LogP contribution in [-0.4, -0.2) is 30.8 Å². The zero-order valence-corrected chi connectivity index (χ0v) is 11.5. The van der Waals surface area contributed by atoms with E-state index in [1.807, 2.05) is 33.0 Å². The van der Waals surface area contributed by atoms with E-state index in [0.29, 0.717) is 0 Å². The number of hydrogen-bond donors (Lipinski definition) is 2. The fourth-order valence-electron chi connectivity index (χ4n) is 1.59. The molecule has 0 fully saturated rings. The van der Waals surface area contributed by atoms with Crippen molar-refractivity contribution in [3.05, 3.63) is 24.2 Å². The number of fused-ring (bicyclic) bond motifs is 1. The number of rotatable bonds is 3. The molecule has 0 amide bonds. The molecule has 0 radical (unpaired) electrons. The molecule has 18 heavy (non-hydrogen) atoms. The minimum Gasteiger partial charge on any atom is -0.388 e. The quantitative estimate of drug-likeness (QED) is 0.872. The molecule has 2 aromatic rings. The van der Waals surface area contributed by atoms with Crippen LogP contribution in [0, 0.1) is 6.92 Å². The predicted octanol–water partition coefficient (Wildman–Crippen LogP) is 2.00. The van der Waals surface area contributed by atoms with Crippen molar-refractivity contribution in [2.45, 2.75) is 45.8 Å². The van der Waals surface area contributed by atoms with E-state index in [1.54, 1.807) is 24.6 Å². The summed E-state index contributed by atoms with van der Waals surface area (Å²) in [6.07, 6.45) is 3.51. The third kappa shape index (κ3) is 2.18. The van der Waals surface area contributed by atoms with E-state index in [0.717, 1.165) is 17.0 Å². The molecular formula is C13H20N4O. The van der Waals surface area contributed by atoms with Gasteiger partial charge in [0.2, 0.25) is 0 Å². The fourth-order valence-corrected chi connectivity index (χ4v) is 1.59. The maximum absolute atomic E-state index is 10.2. The van der Waals surface area contributed by atoms with E-state index in [-0.39, 0.29) is 0 Å². The van der Waals surface area contributed by atoms with Gasteiger partial charge < -0.3 is 10.4 Å². The highest BCUT2D eigenvalue weighted by Gasteiger charge is 2.35. The van der Waals surface area contributed by atoms with E-state index in [1.165, 1.54) is 0 Å². The number of hydrogen-bond acceptors (Lipinski definition) is 4.